The Bertz CT molecular complexity index is 248. The van der Waals surface area contributed by atoms with Crippen molar-refractivity contribution in [2.45, 2.75) is 6.92 Å². The van der Waals surface area contributed by atoms with Crippen LogP contribution in [0.2, 0.25) is 0 Å². The van der Waals surface area contributed by atoms with Gasteiger partial charge in [0, 0.05) is 19.3 Å². The fourth-order valence-electron chi connectivity index (χ4n) is 1.01. The van der Waals surface area contributed by atoms with Crippen molar-refractivity contribution in [2.75, 3.05) is 31.6 Å². The summed E-state index contributed by atoms with van der Waals surface area (Å²) < 4.78 is 5.21. The Morgan fingerprint density at radius 2 is 2.29 bits per heavy atom. The summed E-state index contributed by atoms with van der Waals surface area (Å²) in [5.74, 6) is 0.881. The summed E-state index contributed by atoms with van der Waals surface area (Å²) in [4.78, 5) is 4.20. The lowest BCUT2D eigenvalue weighted by molar-refractivity contribution is 0.151. The number of nitrogens with two attached hydrogens (primary N) is 1. The standard InChI is InChI=1S/C10H17N3O/c1-9-2-3-10(13-8-9)12-5-7-14-6-4-11/h2-3,8H,4-7,11H2,1H3,(H,12,13). The molecule has 4 nitrogen and oxygen atoms in total. The van der Waals surface area contributed by atoms with Crippen molar-refractivity contribution in [3.63, 3.8) is 0 Å². The first-order chi connectivity index (χ1) is 6.83. The van der Waals surface area contributed by atoms with E-state index in [4.69, 9.17) is 10.5 Å². The fraction of sp³-hybridized carbons (Fsp3) is 0.500. The Morgan fingerprint density at radius 3 is 2.93 bits per heavy atom. The zero-order valence-electron chi connectivity index (χ0n) is 8.49. The molecule has 0 saturated carbocycles. The van der Waals surface area contributed by atoms with Crippen LogP contribution in [0.15, 0.2) is 18.3 Å². The van der Waals surface area contributed by atoms with Gasteiger partial charge in [-0.2, -0.15) is 0 Å². The van der Waals surface area contributed by atoms with E-state index in [2.05, 4.69) is 10.3 Å². The van der Waals surface area contributed by atoms with Crippen molar-refractivity contribution in [1.29, 1.82) is 0 Å². The Hall–Kier alpha value is -1.13. The van der Waals surface area contributed by atoms with Gasteiger partial charge in [0.2, 0.25) is 0 Å². The lowest BCUT2D eigenvalue weighted by atomic mass is 10.3. The highest BCUT2D eigenvalue weighted by Crippen LogP contribution is 2.02. The molecule has 4 heteroatoms. The molecule has 1 aromatic heterocycles. The molecule has 3 N–H and O–H groups in total. The van der Waals surface area contributed by atoms with E-state index in [0.717, 1.165) is 17.9 Å². The van der Waals surface area contributed by atoms with Crippen LogP contribution < -0.4 is 11.1 Å². The molecule has 0 atom stereocenters. The summed E-state index contributed by atoms with van der Waals surface area (Å²) in [7, 11) is 0. The van der Waals surface area contributed by atoms with E-state index in [1.807, 2.05) is 25.3 Å². The quantitative estimate of drug-likeness (QED) is 0.658. The molecule has 1 aromatic rings. The summed E-state index contributed by atoms with van der Waals surface area (Å²) in [5.41, 5.74) is 6.44. The number of anilines is 1. The first-order valence-electron chi connectivity index (χ1n) is 4.77. The molecule has 0 unspecified atom stereocenters. The number of hydrogen-bond acceptors (Lipinski definition) is 4. The van der Waals surface area contributed by atoms with Gasteiger partial charge in [0.05, 0.1) is 13.2 Å². The SMILES string of the molecule is Cc1ccc(NCCOCCN)nc1. The maximum Gasteiger partial charge on any atom is 0.125 e. The molecule has 0 bridgehead atoms. The van der Waals surface area contributed by atoms with Gasteiger partial charge in [0.15, 0.2) is 0 Å². The summed E-state index contributed by atoms with van der Waals surface area (Å²) in [6.45, 7) is 4.62. The van der Waals surface area contributed by atoms with Gasteiger partial charge in [0.1, 0.15) is 5.82 Å². The van der Waals surface area contributed by atoms with Crippen molar-refractivity contribution in [2.24, 2.45) is 5.73 Å². The van der Waals surface area contributed by atoms with Crippen LogP contribution in [-0.4, -0.2) is 31.3 Å². The summed E-state index contributed by atoms with van der Waals surface area (Å²) in [5, 5.41) is 3.15. The van der Waals surface area contributed by atoms with Gasteiger partial charge in [-0.1, -0.05) is 6.07 Å². The molecule has 0 aliphatic heterocycles. The summed E-state index contributed by atoms with van der Waals surface area (Å²) >= 11 is 0. The number of nitrogens with zero attached hydrogens (tertiary/aromatic N) is 1. The van der Waals surface area contributed by atoms with Gasteiger partial charge in [-0.05, 0) is 18.6 Å². The van der Waals surface area contributed by atoms with Gasteiger partial charge >= 0.3 is 0 Å². The monoisotopic (exact) mass is 195 g/mol. The second-order valence-electron chi connectivity index (χ2n) is 3.05. The van der Waals surface area contributed by atoms with Crippen molar-refractivity contribution in [3.8, 4) is 0 Å². The summed E-state index contributed by atoms with van der Waals surface area (Å²) in [6, 6.07) is 3.98. The molecular weight excluding hydrogens is 178 g/mol. The number of nitrogens with one attached hydrogen (secondary N) is 1. The van der Waals surface area contributed by atoms with Crippen LogP contribution in [-0.2, 0) is 4.74 Å². The highest BCUT2D eigenvalue weighted by atomic mass is 16.5. The van der Waals surface area contributed by atoms with Crippen LogP contribution in [0.3, 0.4) is 0 Å². The van der Waals surface area contributed by atoms with E-state index in [1.54, 1.807) is 0 Å². The number of rotatable bonds is 6. The second-order valence-corrected chi connectivity index (χ2v) is 3.05. The molecular formula is C10H17N3O. The number of aromatic nitrogens is 1. The van der Waals surface area contributed by atoms with E-state index < -0.39 is 0 Å². The lowest BCUT2D eigenvalue weighted by Gasteiger charge is -2.05. The molecule has 78 valence electrons. The Labute approximate surface area is 84.5 Å². The van der Waals surface area contributed by atoms with Crippen molar-refractivity contribution in [3.05, 3.63) is 23.9 Å². The van der Waals surface area contributed by atoms with E-state index >= 15 is 0 Å². The lowest BCUT2D eigenvalue weighted by Crippen LogP contribution is -2.14. The van der Waals surface area contributed by atoms with E-state index in [1.165, 1.54) is 0 Å². The third kappa shape index (κ3) is 4.20. The van der Waals surface area contributed by atoms with Crippen LogP contribution in [0.4, 0.5) is 5.82 Å². The third-order valence-electron chi connectivity index (χ3n) is 1.73. The molecule has 1 heterocycles. The minimum Gasteiger partial charge on any atom is -0.378 e. The molecule has 0 aliphatic rings. The molecule has 0 radical (unpaired) electrons. The minimum atomic E-state index is 0.572. The van der Waals surface area contributed by atoms with Gasteiger partial charge < -0.3 is 15.8 Å². The molecule has 1 rings (SSSR count). The fourth-order valence-corrected chi connectivity index (χ4v) is 1.01. The third-order valence-corrected chi connectivity index (χ3v) is 1.73. The molecule has 0 fully saturated rings. The second kappa shape index (κ2) is 6.34. The van der Waals surface area contributed by atoms with Crippen LogP contribution >= 0.6 is 0 Å². The molecule has 0 saturated heterocycles. The average Bonchev–Trinajstić information content (AvgIpc) is 2.21. The zero-order valence-corrected chi connectivity index (χ0v) is 8.49. The minimum absolute atomic E-state index is 0.572. The predicted octanol–water partition coefficient (Wildman–Crippen LogP) is 0.777. The van der Waals surface area contributed by atoms with Crippen molar-refractivity contribution < 1.29 is 4.74 Å². The van der Waals surface area contributed by atoms with E-state index in [0.29, 0.717) is 19.8 Å². The molecule has 14 heavy (non-hydrogen) atoms. The first-order valence-corrected chi connectivity index (χ1v) is 4.77. The molecule has 0 spiro atoms. The molecule has 0 amide bonds. The van der Waals surface area contributed by atoms with Gasteiger partial charge in [-0.25, -0.2) is 4.98 Å². The maximum atomic E-state index is 5.28. The zero-order chi connectivity index (χ0) is 10.2. The average molecular weight is 195 g/mol. The normalized spacial score (nSPS) is 10.1. The first kappa shape index (κ1) is 10.9. The number of hydrogen-bond donors (Lipinski definition) is 2. The Morgan fingerprint density at radius 1 is 1.43 bits per heavy atom. The maximum absolute atomic E-state index is 5.28. The summed E-state index contributed by atoms with van der Waals surface area (Å²) in [6.07, 6.45) is 1.84. The number of pyridine rings is 1. The predicted molar refractivity (Wildman–Crippen MR) is 57.3 cm³/mol. The molecule has 0 aliphatic carbocycles. The van der Waals surface area contributed by atoms with Crippen LogP contribution in [0, 0.1) is 6.92 Å². The highest BCUT2D eigenvalue weighted by molar-refractivity contribution is 5.34. The van der Waals surface area contributed by atoms with Crippen molar-refractivity contribution in [1.82, 2.24) is 4.98 Å². The van der Waals surface area contributed by atoms with Crippen LogP contribution in [0.5, 0.6) is 0 Å². The van der Waals surface area contributed by atoms with E-state index in [-0.39, 0.29) is 0 Å². The topological polar surface area (TPSA) is 60.2 Å². The smallest absolute Gasteiger partial charge is 0.125 e. The van der Waals surface area contributed by atoms with E-state index in [9.17, 15) is 0 Å². The highest BCUT2D eigenvalue weighted by Gasteiger charge is 1.92. The Kier molecular flexibility index (Phi) is 4.96. The molecule has 0 aromatic carbocycles. The van der Waals surface area contributed by atoms with Gasteiger partial charge in [0.25, 0.3) is 0 Å². The van der Waals surface area contributed by atoms with Crippen LogP contribution in [0.1, 0.15) is 5.56 Å². The number of aryl methyl sites for hydroxylation is 1. The largest absolute Gasteiger partial charge is 0.378 e. The van der Waals surface area contributed by atoms with Crippen LogP contribution in [0.25, 0.3) is 0 Å². The van der Waals surface area contributed by atoms with Gasteiger partial charge in [-0.3, -0.25) is 0 Å². The number of ether oxygens (including phenoxy) is 1. The van der Waals surface area contributed by atoms with Crippen molar-refractivity contribution >= 4 is 5.82 Å². The Balaban J connectivity index is 2.15. The van der Waals surface area contributed by atoms with Gasteiger partial charge in [-0.15, -0.1) is 0 Å².